The van der Waals surface area contributed by atoms with Crippen molar-refractivity contribution in [2.75, 3.05) is 0 Å². The fraction of sp³-hybridized carbons (Fsp3) is 1.00. The van der Waals surface area contributed by atoms with Gasteiger partial charge in [-0.05, 0) is 91.8 Å². The molecule has 0 heteroatoms. The highest BCUT2D eigenvalue weighted by Crippen LogP contribution is 2.60. The van der Waals surface area contributed by atoms with E-state index in [2.05, 4.69) is 20.8 Å². The molecular formula is C26H46. The highest BCUT2D eigenvalue weighted by atomic mass is 14.6. The second kappa shape index (κ2) is 8.57. The van der Waals surface area contributed by atoms with Crippen LogP contribution in [0.3, 0.4) is 0 Å². The number of rotatable bonds is 5. The molecule has 0 spiro atoms. The van der Waals surface area contributed by atoms with Crippen molar-refractivity contribution in [2.24, 2.45) is 53.3 Å². The number of hydrogen-bond donors (Lipinski definition) is 0. The lowest BCUT2D eigenvalue weighted by Gasteiger charge is -2.56. The standard InChI is InChI=1S/C26H46/c1-4-6-12-22-18(3)17-21-11-9-14-24(21)26(22)25-19(5-2)15-16-20-10-7-8-13-23(20)25/h18-26H,4-17H2,1-3H3. The smallest absolute Gasteiger partial charge is 0.0318 e. The maximum atomic E-state index is 2.66. The van der Waals surface area contributed by atoms with Gasteiger partial charge in [0.2, 0.25) is 0 Å². The van der Waals surface area contributed by atoms with E-state index >= 15 is 0 Å². The van der Waals surface area contributed by atoms with Gasteiger partial charge in [0.15, 0.2) is 0 Å². The Morgan fingerprint density at radius 2 is 1.46 bits per heavy atom. The molecule has 4 aliphatic carbocycles. The third kappa shape index (κ3) is 3.53. The summed E-state index contributed by atoms with van der Waals surface area (Å²) < 4.78 is 0. The van der Waals surface area contributed by atoms with E-state index in [0.29, 0.717) is 0 Å². The van der Waals surface area contributed by atoms with Crippen LogP contribution >= 0.6 is 0 Å². The molecular weight excluding hydrogens is 312 g/mol. The van der Waals surface area contributed by atoms with E-state index in [0.717, 1.165) is 53.3 Å². The second-order valence-electron chi connectivity index (χ2n) is 11.0. The van der Waals surface area contributed by atoms with Crippen molar-refractivity contribution in [3.05, 3.63) is 0 Å². The van der Waals surface area contributed by atoms with E-state index in [1.165, 1.54) is 25.7 Å². The van der Waals surface area contributed by atoms with Crippen LogP contribution in [0.15, 0.2) is 0 Å². The Labute approximate surface area is 164 Å². The third-order valence-electron chi connectivity index (χ3n) is 9.89. The molecule has 0 aromatic carbocycles. The zero-order valence-corrected chi connectivity index (χ0v) is 18.1. The molecule has 0 aliphatic heterocycles. The van der Waals surface area contributed by atoms with Gasteiger partial charge in [-0.1, -0.05) is 72.1 Å². The Morgan fingerprint density at radius 1 is 0.731 bits per heavy atom. The van der Waals surface area contributed by atoms with Crippen LogP contribution < -0.4 is 0 Å². The van der Waals surface area contributed by atoms with Crippen LogP contribution in [0, 0.1) is 53.3 Å². The second-order valence-corrected chi connectivity index (χ2v) is 11.0. The van der Waals surface area contributed by atoms with E-state index < -0.39 is 0 Å². The van der Waals surface area contributed by atoms with Gasteiger partial charge in [-0.3, -0.25) is 0 Å². The molecule has 26 heavy (non-hydrogen) atoms. The molecule has 0 aromatic heterocycles. The first-order valence-electron chi connectivity index (χ1n) is 12.7. The summed E-state index contributed by atoms with van der Waals surface area (Å²) in [5, 5.41) is 0. The summed E-state index contributed by atoms with van der Waals surface area (Å²) in [6.07, 6.45) is 21.6. The average Bonchev–Trinajstić information content (AvgIpc) is 3.13. The van der Waals surface area contributed by atoms with Crippen LogP contribution in [0.5, 0.6) is 0 Å². The fourth-order valence-corrected chi connectivity index (χ4v) is 8.85. The molecule has 4 aliphatic rings. The molecule has 4 fully saturated rings. The topological polar surface area (TPSA) is 0 Å². The average molecular weight is 359 g/mol. The highest BCUT2D eigenvalue weighted by Gasteiger charge is 2.52. The molecule has 0 N–H and O–H groups in total. The molecule has 0 bridgehead atoms. The molecule has 4 saturated carbocycles. The van der Waals surface area contributed by atoms with Crippen molar-refractivity contribution < 1.29 is 0 Å². The molecule has 0 aromatic rings. The van der Waals surface area contributed by atoms with E-state index in [-0.39, 0.29) is 0 Å². The Hall–Kier alpha value is 0. The van der Waals surface area contributed by atoms with Crippen molar-refractivity contribution in [1.82, 2.24) is 0 Å². The highest BCUT2D eigenvalue weighted by molar-refractivity contribution is 5.01. The lowest BCUT2D eigenvalue weighted by Crippen LogP contribution is -2.49. The Kier molecular flexibility index (Phi) is 6.37. The van der Waals surface area contributed by atoms with Gasteiger partial charge in [-0.15, -0.1) is 0 Å². The van der Waals surface area contributed by atoms with Crippen LogP contribution in [0.4, 0.5) is 0 Å². The van der Waals surface area contributed by atoms with Crippen molar-refractivity contribution in [3.8, 4) is 0 Å². The number of unbranched alkanes of at least 4 members (excludes halogenated alkanes) is 1. The number of hydrogen-bond acceptors (Lipinski definition) is 0. The molecule has 9 atom stereocenters. The molecule has 0 heterocycles. The van der Waals surface area contributed by atoms with Gasteiger partial charge in [0.05, 0.1) is 0 Å². The van der Waals surface area contributed by atoms with Gasteiger partial charge >= 0.3 is 0 Å². The summed E-state index contributed by atoms with van der Waals surface area (Å²) in [7, 11) is 0. The summed E-state index contributed by atoms with van der Waals surface area (Å²) in [5.74, 6) is 9.80. The Bertz CT molecular complexity index is 439. The van der Waals surface area contributed by atoms with Crippen molar-refractivity contribution in [1.29, 1.82) is 0 Å². The maximum absolute atomic E-state index is 2.66. The van der Waals surface area contributed by atoms with E-state index in [1.807, 2.05) is 0 Å². The molecule has 0 amide bonds. The minimum absolute atomic E-state index is 1.01. The summed E-state index contributed by atoms with van der Waals surface area (Å²) in [6, 6.07) is 0. The fourth-order valence-electron chi connectivity index (χ4n) is 8.85. The normalized spacial score (nSPS) is 48.8. The molecule has 0 saturated heterocycles. The minimum Gasteiger partial charge on any atom is -0.0654 e. The maximum Gasteiger partial charge on any atom is -0.0318 e. The van der Waals surface area contributed by atoms with Gasteiger partial charge < -0.3 is 0 Å². The van der Waals surface area contributed by atoms with Crippen LogP contribution in [-0.2, 0) is 0 Å². The van der Waals surface area contributed by atoms with E-state index in [1.54, 1.807) is 64.2 Å². The van der Waals surface area contributed by atoms with Crippen molar-refractivity contribution in [3.63, 3.8) is 0 Å². The monoisotopic (exact) mass is 358 g/mol. The van der Waals surface area contributed by atoms with E-state index in [4.69, 9.17) is 0 Å². The first-order chi connectivity index (χ1) is 12.7. The summed E-state index contributed by atoms with van der Waals surface area (Å²) in [4.78, 5) is 0. The van der Waals surface area contributed by atoms with Crippen LogP contribution in [0.1, 0.15) is 111 Å². The van der Waals surface area contributed by atoms with Crippen LogP contribution in [-0.4, -0.2) is 0 Å². The van der Waals surface area contributed by atoms with Crippen LogP contribution in [0.25, 0.3) is 0 Å². The van der Waals surface area contributed by atoms with Gasteiger partial charge in [0.1, 0.15) is 0 Å². The first kappa shape index (κ1) is 19.3. The van der Waals surface area contributed by atoms with Crippen molar-refractivity contribution >= 4 is 0 Å². The SMILES string of the molecule is CCCCC1C(C)CC2CCCC2C1C1C(CC)CCC2CCCCC21. The summed E-state index contributed by atoms with van der Waals surface area (Å²) in [6.45, 7) is 7.59. The molecule has 9 unspecified atom stereocenters. The summed E-state index contributed by atoms with van der Waals surface area (Å²) in [5.41, 5.74) is 0. The Morgan fingerprint density at radius 3 is 2.27 bits per heavy atom. The van der Waals surface area contributed by atoms with Gasteiger partial charge in [-0.25, -0.2) is 0 Å². The zero-order valence-electron chi connectivity index (χ0n) is 18.1. The predicted octanol–water partition coefficient (Wildman–Crippen LogP) is 8.11. The van der Waals surface area contributed by atoms with Gasteiger partial charge in [0.25, 0.3) is 0 Å². The molecule has 0 nitrogen and oxygen atoms in total. The quantitative estimate of drug-likeness (QED) is 0.465. The first-order valence-corrected chi connectivity index (χ1v) is 12.7. The van der Waals surface area contributed by atoms with Gasteiger partial charge in [-0.2, -0.15) is 0 Å². The van der Waals surface area contributed by atoms with Crippen molar-refractivity contribution in [2.45, 2.75) is 111 Å². The predicted molar refractivity (Wildman–Crippen MR) is 113 cm³/mol. The third-order valence-corrected chi connectivity index (χ3v) is 9.89. The van der Waals surface area contributed by atoms with E-state index in [9.17, 15) is 0 Å². The van der Waals surface area contributed by atoms with Crippen LogP contribution in [0.2, 0.25) is 0 Å². The zero-order chi connectivity index (χ0) is 18.1. The van der Waals surface area contributed by atoms with Gasteiger partial charge in [0, 0.05) is 0 Å². The summed E-state index contributed by atoms with van der Waals surface area (Å²) >= 11 is 0. The lowest BCUT2D eigenvalue weighted by atomic mass is 9.49. The largest absolute Gasteiger partial charge is 0.0654 e. The minimum atomic E-state index is 1.01. The number of fused-ring (bicyclic) bond motifs is 2. The lowest BCUT2D eigenvalue weighted by molar-refractivity contribution is -0.0713. The molecule has 150 valence electrons. The Balaban J connectivity index is 1.65. The molecule has 0 radical (unpaired) electrons. The molecule has 4 rings (SSSR count).